The van der Waals surface area contributed by atoms with Crippen LogP contribution in [-0.2, 0) is 7.05 Å². The Morgan fingerprint density at radius 3 is 2.75 bits per heavy atom. The van der Waals surface area contributed by atoms with Gasteiger partial charge < -0.3 is 10.2 Å². The summed E-state index contributed by atoms with van der Waals surface area (Å²) in [5.41, 5.74) is 2.46. The Kier molecular flexibility index (Phi) is 2.39. The van der Waals surface area contributed by atoms with Crippen molar-refractivity contribution < 1.29 is 0 Å². The lowest BCUT2D eigenvalue weighted by Gasteiger charge is -2.17. The highest BCUT2D eigenvalue weighted by atomic mass is 15.3. The van der Waals surface area contributed by atoms with Crippen molar-refractivity contribution in [2.24, 2.45) is 7.05 Å². The molecule has 1 aliphatic carbocycles. The smallest absolute Gasteiger partial charge is 0.0827 e. The quantitative estimate of drug-likeness (QED) is 0.827. The predicted molar refractivity (Wildman–Crippen MR) is 64.7 cm³/mol. The van der Waals surface area contributed by atoms with Gasteiger partial charge in [-0.3, -0.25) is 4.68 Å². The van der Waals surface area contributed by atoms with Gasteiger partial charge in [0.15, 0.2) is 0 Å². The highest BCUT2D eigenvalue weighted by Gasteiger charge is 2.30. The molecule has 0 amide bonds. The van der Waals surface area contributed by atoms with Gasteiger partial charge in [0.05, 0.1) is 11.4 Å². The van der Waals surface area contributed by atoms with E-state index in [2.05, 4.69) is 28.4 Å². The van der Waals surface area contributed by atoms with E-state index in [0.29, 0.717) is 6.04 Å². The summed E-state index contributed by atoms with van der Waals surface area (Å²) in [4.78, 5) is 2.46. The minimum absolute atomic E-state index is 0.687. The standard InChI is InChI=1S/C12H20N4/c1-9-12(8-15(2)14-9)16-6-5-11(7-16)13-10-3-4-10/h8,10-11,13H,3-7H2,1-2H3. The maximum absolute atomic E-state index is 4.41. The van der Waals surface area contributed by atoms with Crippen LogP contribution in [0.4, 0.5) is 5.69 Å². The Bertz CT molecular complexity index is 380. The third-order valence-corrected chi connectivity index (χ3v) is 3.57. The van der Waals surface area contributed by atoms with Crippen LogP contribution in [0.15, 0.2) is 6.20 Å². The van der Waals surface area contributed by atoms with Crippen LogP contribution in [0.1, 0.15) is 25.0 Å². The molecular weight excluding hydrogens is 200 g/mol. The van der Waals surface area contributed by atoms with Crippen LogP contribution in [-0.4, -0.2) is 35.0 Å². The summed E-state index contributed by atoms with van der Waals surface area (Å²) in [6.07, 6.45) is 6.16. The number of hydrogen-bond donors (Lipinski definition) is 1. The maximum Gasteiger partial charge on any atom is 0.0827 e. The van der Waals surface area contributed by atoms with E-state index in [9.17, 15) is 0 Å². The molecule has 4 nitrogen and oxygen atoms in total. The zero-order chi connectivity index (χ0) is 11.1. The molecular formula is C12H20N4. The number of hydrogen-bond acceptors (Lipinski definition) is 3. The average Bonchev–Trinajstić information content (AvgIpc) is 2.80. The largest absolute Gasteiger partial charge is 0.367 e. The number of anilines is 1. The lowest BCUT2D eigenvalue weighted by Crippen LogP contribution is -2.34. The Labute approximate surface area is 96.6 Å². The van der Waals surface area contributed by atoms with Crippen molar-refractivity contribution in [2.45, 2.75) is 38.3 Å². The van der Waals surface area contributed by atoms with Gasteiger partial charge in [-0.05, 0) is 26.2 Å². The summed E-state index contributed by atoms with van der Waals surface area (Å²) >= 11 is 0. The molecule has 1 saturated heterocycles. The summed E-state index contributed by atoms with van der Waals surface area (Å²) in [6.45, 7) is 4.40. The molecule has 0 radical (unpaired) electrons. The van der Waals surface area contributed by atoms with Crippen LogP contribution < -0.4 is 10.2 Å². The Hall–Kier alpha value is -1.03. The SMILES string of the molecule is Cc1nn(C)cc1N1CCC(NC2CC2)C1. The summed E-state index contributed by atoms with van der Waals surface area (Å²) in [5, 5.41) is 8.12. The minimum Gasteiger partial charge on any atom is -0.367 e. The van der Waals surface area contributed by atoms with Crippen LogP contribution in [0, 0.1) is 6.92 Å². The first-order chi connectivity index (χ1) is 7.72. The van der Waals surface area contributed by atoms with Crippen molar-refractivity contribution in [1.82, 2.24) is 15.1 Å². The van der Waals surface area contributed by atoms with E-state index in [-0.39, 0.29) is 0 Å². The van der Waals surface area contributed by atoms with E-state index >= 15 is 0 Å². The van der Waals surface area contributed by atoms with Crippen molar-refractivity contribution in [3.05, 3.63) is 11.9 Å². The molecule has 1 saturated carbocycles. The molecule has 2 heterocycles. The van der Waals surface area contributed by atoms with Gasteiger partial charge in [0.25, 0.3) is 0 Å². The molecule has 3 rings (SSSR count). The highest BCUT2D eigenvalue weighted by molar-refractivity contribution is 5.50. The van der Waals surface area contributed by atoms with E-state index in [1.54, 1.807) is 0 Å². The third-order valence-electron chi connectivity index (χ3n) is 3.57. The Balaban J connectivity index is 1.65. The molecule has 0 aromatic carbocycles. The van der Waals surface area contributed by atoms with Crippen molar-refractivity contribution in [3.63, 3.8) is 0 Å². The van der Waals surface area contributed by atoms with E-state index in [1.807, 2.05) is 11.7 Å². The first-order valence-electron chi connectivity index (χ1n) is 6.23. The monoisotopic (exact) mass is 220 g/mol. The lowest BCUT2D eigenvalue weighted by atomic mass is 10.2. The molecule has 1 aliphatic heterocycles. The fraction of sp³-hybridized carbons (Fsp3) is 0.750. The molecule has 1 N–H and O–H groups in total. The number of aryl methyl sites for hydroxylation is 2. The molecule has 1 aromatic rings. The molecule has 2 fully saturated rings. The fourth-order valence-electron chi connectivity index (χ4n) is 2.60. The molecule has 1 atom stereocenters. The number of nitrogens with one attached hydrogen (secondary N) is 1. The van der Waals surface area contributed by atoms with Gasteiger partial charge in [0.2, 0.25) is 0 Å². The predicted octanol–water partition coefficient (Wildman–Crippen LogP) is 1.06. The summed E-state index contributed by atoms with van der Waals surface area (Å²) in [7, 11) is 1.99. The van der Waals surface area contributed by atoms with Gasteiger partial charge in [-0.2, -0.15) is 5.10 Å². The molecule has 1 aromatic heterocycles. The van der Waals surface area contributed by atoms with E-state index < -0.39 is 0 Å². The second-order valence-electron chi connectivity index (χ2n) is 5.15. The van der Waals surface area contributed by atoms with Crippen molar-refractivity contribution >= 4 is 5.69 Å². The van der Waals surface area contributed by atoms with Gasteiger partial charge in [0, 0.05) is 38.4 Å². The van der Waals surface area contributed by atoms with Crippen molar-refractivity contribution in [1.29, 1.82) is 0 Å². The maximum atomic E-state index is 4.41. The second-order valence-corrected chi connectivity index (χ2v) is 5.15. The Morgan fingerprint density at radius 2 is 2.12 bits per heavy atom. The molecule has 16 heavy (non-hydrogen) atoms. The first kappa shape index (κ1) is 10.1. The molecule has 88 valence electrons. The van der Waals surface area contributed by atoms with Crippen LogP contribution in [0.3, 0.4) is 0 Å². The Morgan fingerprint density at radius 1 is 1.31 bits per heavy atom. The topological polar surface area (TPSA) is 33.1 Å². The summed E-state index contributed by atoms with van der Waals surface area (Å²) in [6, 6.07) is 1.51. The number of rotatable bonds is 3. The summed E-state index contributed by atoms with van der Waals surface area (Å²) in [5.74, 6) is 0. The normalized spacial score (nSPS) is 25.4. The highest BCUT2D eigenvalue weighted by Crippen LogP contribution is 2.26. The van der Waals surface area contributed by atoms with Gasteiger partial charge in [-0.25, -0.2) is 0 Å². The molecule has 1 unspecified atom stereocenters. The summed E-state index contributed by atoms with van der Waals surface area (Å²) < 4.78 is 1.91. The van der Waals surface area contributed by atoms with Crippen LogP contribution in [0.25, 0.3) is 0 Å². The van der Waals surface area contributed by atoms with Crippen molar-refractivity contribution in [2.75, 3.05) is 18.0 Å². The van der Waals surface area contributed by atoms with Gasteiger partial charge in [0.1, 0.15) is 0 Å². The second kappa shape index (κ2) is 3.77. The average molecular weight is 220 g/mol. The van der Waals surface area contributed by atoms with E-state index in [1.165, 1.54) is 24.9 Å². The van der Waals surface area contributed by atoms with Crippen molar-refractivity contribution in [3.8, 4) is 0 Å². The van der Waals surface area contributed by atoms with E-state index in [0.717, 1.165) is 24.8 Å². The van der Waals surface area contributed by atoms with Crippen LogP contribution >= 0.6 is 0 Å². The molecule has 0 bridgehead atoms. The molecule has 2 aliphatic rings. The van der Waals surface area contributed by atoms with Crippen LogP contribution in [0.2, 0.25) is 0 Å². The van der Waals surface area contributed by atoms with Gasteiger partial charge >= 0.3 is 0 Å². The first-order valence-corrected chi connectivity index (χ1v) is 6.23. The third kappa shape index (κ3) is 1.94. The minimum atomic E-state index is 0.687. The van der Waals surface area contributed by atoms with Crippen LogP contribution in [0.5, 0.6) is 0 Å². The zero-order valence-corrected chi connectivity index (χ0v) is 10.1. The van der Waals surface area contributed by atoms with E-state index in [4.69, 9.17) is 0 Å². The zero-order valence-electron chi connectivity index (χ0n) is 10.1. The lowest BCUT2D eigenvalue weighted by molar-refractivity contribution is 0.548. The molecule has 4 heteroatoms. The van der Waals surface area contributed by atoms with Gasteiger partial charge in [-0.1, -0.05) is 0 Å². The number of aromatic nitrogens is 2. The molecule has 0 spiro atoms. The van der Waals surface area contributed by atoms with Gasteiger partial charge in [-0.15, -0.1) is 0 Å². The number of nitrogens with zero attached hydrogens (tertiary/aromatic N) is 3. The fourth-order valence-corrected chi connectivity index (χ4v) is 2.60.